The highest BCUT2D eigenvalue weighted by Crippen LogP contribution is 2.37. The summed E-state index contributed by atoms with van der Waals surface area (Å²) >= 11 is 0. The Morgan fingerprint density at radius 3 is 2.68 bits per heavy atom. The number of aromatic nitrogens is 2. The molecule has 0 unspecified atom stereocenters. The van der Waals surface area contributed by atoms with Gasteiger partial charge in [0.1, 0.15) is 5.60 Å². The molecule has 2 N–H and O–H groups in total. The second kappa shape index (κ2) is 6.19. The van der Waals surface area contributed by atoms with Crippen molar-refractivity contribution in [1.29, 1.82) is 0 Å². The number of nitrogens with two attached hydrogens (primary N) is 1. The Hall–Kier alpha value is -2.34. The Morgan fingerprint density at radius 2 is 2.12 bits per heavy atom. The van der Waals surface area contributed by atoms with Crippen molar-refractivity contribution in [1.82, 2.24) is 9.78 Å². The smallest absolute Gasteiger partial charge is 0.435 e. The Labute approximate surface area is 147 Å². The zero-order valence-corrected chi connectivity index (χ0v) is 15.2. The van der Waals surface area contributed by atoms with Crippen molar-refractivity contribution in [3.8, 4) is 0 Å². The molecule has 0 saturated carbocycles. The minimum absolute atomic E-state index is 0.146. The number of benzene rings is 1. The van der Waals surface area contributed by atoms with E-state index in [4.69, 9.17) is 15.2 Å². The number of ether oxygens (including phenoxy) is 2. The average molecular weight is 343 g/mol. The quantitative estimate of drug-likeness (QED) is 0.867. The first-order valence-electron chi connectivity index (χ1n) is 8.41. The van der Waals surface area contributed by atoms with Gasteiger partial charge in [0, 0.05) is 23.7 Å². The van der Waals surface area contributed by atoms with Crippen LogP contribution in [0.2, 0.25) is 0 Å². The maximum Gasteiger partial charge on any atom is 0.435 e. The number of hydrogen-bond acceptors (Lipinski definition) is 5. The summed E-state index contributed by atoms with van der Waals surface area (Å²) in [6.07, 6.45) is 1.94. The highest BCUT2D eigenvalue weighted by atomic mass is 16.6. The molecule has 25 heavy (non-hydrogen) atoms. The molecule has 0 bridgehead atoms. The van der Waals surface area contributed by atoms with Gasteiger partial charge in [-0.2, -0.15) is 9.78 Å². The summed E-state index contributed by atoms with van der Waals surface area (Å²) in [5, 5.41) is 4.46. The summed E-state index contributed by atoms with van der Waals surface area (Å²) in [5.74, 6) is 0. The molecule has 0 aliphatic carbocycles. The molecule has 2 aromatic rings. The monoisotopic (exact) mass is 343 g/mol. The summed E-state index contributed by atoms with van der Waals surface area (Å²) < 4.78 is 12.2. The van der Waals surface area contributed by atoms with Crippen molar-refractivity contribution in [2.45, 2.75) is 45.1 Å². The van der Waals surface area contributed by atoms with E-state index in [-0.39, 0.29) is 5.41 Å². The van der Waals surface area contributed by atoms with E-state index in [0.29, 0.717) is 19.6 Å². The van der Waals surface area contributed by atoms with Crippen LogP contribution in [0, 0.1) is 6.92 Å². The van der Waals surface area contributed by atoms with E-state index < -0.39 is 11.7 Å². The van der Waals surface area contributed by atoms with Crippen LogP contribution in [0.3, 0.4) is 0 Å². The molecule has 6 nitrogen and oxygen atoms in total. The van der Waals surface area contributed by atoms with E-state index >= 15 is 0 Å². The fraction of sp³-hybridized carbons (Fsp3) is 0.474. The number of carbonyl (C=O) groups is 1. The summed E-state index contributed by atoms with van der Waals surface area (Å²) in [4.78, 5) is 12.2. The van der Waals surface area contributed by atoms with Crippen LogP contribution in [0.5, 0.6) is 0 Å². The van der Waals surface area contributed by atoms with Gasteiger partial charge in [0.05, 0.1) is 18.9 Å². The molecule has 1 fully saturated rings. The Balaban J connectivity index is 1.84. The second-order valence-corrected chi connectivity index (χ2v) is 7.76. The third-order valence-corrected chi connectivity index (χ3v) is 4.34. The molecule has 6 heteroatoms. The van der Waals surface area contributed by atoms with Gasteiger partial charge in [0.2, 0.25) is 0 Å². The first-order chi connectivity index (χ1) is 11.7. The molecule has 1 aliphatic rings. The lowest BCUT2D eigenvalue weighted by Gasteiger charge is -2.42. The first-order valence-corrected chi connectivity index (χ1v) is 8.41. The van der Waals surface area contributed by atoms with Crippen molar-refractivity contribution >= 4 is 11.8 Å². The molecular weight excluding hydrogens is 318 g/mol. The number of nitrogen functional groups attached to an aromatic ring is 1. The Kier molecular flexibility index (Phi) is 4.33. The zero-order valence-electron chi connectivity index (χ0n) is 15.2. The largest absolute Gasteiger partial charge is 0.442 e. The number of rotatable bonds is 3. The van der Waals surface area contributed by atoms with Crippen molar-refractivity contribution in [3.63, 3.8) is 0 Å². The van der Waals surface area contributed by atoms with Gasteiger partial charge in [-0.1, -0.05) is 12.1 Å². The van der Waals surface area contributed by atoms with Gasteiger partial charge in [0.15, 0.2) is 0 Å². The SMILES string of the molecule is Cc1cn(C(=O)OC(C)(C)C)nc1CC1(c2cccc(N)c2)COC1. The number of carbonyl (C=O) groups excluding carboxylic acids is 1. The van der Waals surface area contributed by atoms with E-state index in [9.17, 15) is 4.79 Å². The van der Waals surface area contributed by atoms with Crippen LogP contribution in [0.1, 0.15) is 37.6 Å². The van der Waals surface area contributed by atoms with E-state index in [2.05, 4.69) is 11.2 Å². The highest BCUT2D eigenvalue weighted by molar-refractivity contribution is 5.70. The molecule has 1 aliphatic heterocycles. The molecule has 0 spiro atoms. The lowest BCUT2D eigenvalue weighted by Crippen LogP contribution is -2.48. The number of nitrogens with zero attached hydrogens (tertiary/aromatic N) is 2. The van der Waals surface area contributed by atoms with Gasteiger partial charge in [-0.25, -0.2) is 4.79 Å². The van der Waals surface area contributed by atoms with Crippen LogP contribution in [0.4, 0.5) is 10.5 Å². The third kappa shape index (κ3) is 3.69. The molecule has 3 rings (SSSR count). The summed E-state index contributed by atoms with van der Waals surface area (Å²) in [7, 11) is 0. The minimum atomic E-state index is -0.554. The standard InChI is InChI=1S/C19H25N3O3/c1-13-10-22(17(23)25-18(2,3)4)21-16(13)9-19(11-24-12-19)14-6-5-7-15(20)8-14/h5-8,10H,9,11-12,20H2,1-4H3. The molecule has 0 radical (unpaired) electrons. The van der Waals surface area contributed by atoms with Gasteiger partial charge in [-0.3, -0.25) is 0 Å². The van der Waals surface area contributed by atoms with Gasteiger partial charge in [-0.15, -0.1) is 0 Å². The van der Waals surface area contributed by atoms with Gasteiger partial charge in [-0.05, 0) is 51.0 Å². The number of hydrogen-bond donors (Lipinski definition) is 1. The predicted molar refractivity (Wildman–Crippen MR) is 95.7 cm³/mol. The lowest BCUT2D eigenvalue weighted by molar-refractivity contribution is -0.0604. The van der Waals surface area contributed by atoms with Crippen molar-refractivity contribution in [3.05, 3.63) is 47.3 Å². The van der Waals surface area contributed by atoms with E-state index in [0.717, 1.165) is 22.5 Å². The van der Waals surface area contributed by atoms with Gasteiger partial charge in [0.25, 0.3) is 0 Å². The van der Waals surface area contributed by atoms with Crippen LogP contribution >= 0.6 is 0 Å². The fourth-order valence-electron chi connectivity index (χ4n) is 2.98. The molecule has 2 heterocycles. The molecule has 1 saturated heterocycles. The van der Waals surface area contributed by atoms with Gasteiger partial charge < -0.3 is 15.2 Å². The van der Waals surface area contributed by atoms with Crippen LogP contribution < -0.4 is 5.73 Å². The van der Waals surface area contributed by atoms with Crippen LogP contribution in [-0.4, -0.2) is 34.7 Å². The summed E-state index contributed by atoms with van der Waals surface area (Å²) in [5.41, 5.74) is 8.95. The lowest BCUT2D eigenvalue weighted by atomic mass is 9.74. The average Bonchev–Trinajstić information content (AvgIpc) is 2.82. The van der Waals surface area contributed by atoms with Crippen molar-refractivity contribution < 1.29 is 14.3 Å². The Bertz CT molecular complexity index is 785. The molecular formula is C19H25N3O3. The fourth-order valence-corrected chi connectivity index (χ4v) is 2.98. The molecule has 0 atom stereocenters. The number of aryl methyl sites for hydroxylation is 1. The first kappa shape index (κ1) is 17.5. The molecule has 134 valence electrons. The van der Waals surface area contributed by atoms with E-state index in [1.165, 1.54) is 4.68 Å². The molecule has 1 aromatic heterocycles. The topological polar surface area (TPSA) is 79.4 Å². The van der Waals surface area contributed by atoms with Gasteiger partial charge >= 0.3 is 6.09 Å². The van der Waals surface area contributed by atoms with Crippen molar-refractivity contribution in [2.24, 2.45) is 0 Å². The minimum Gasteiger partial charge on any atom is -0.442 e. The van der Waals surface area contributed by atoms with Crippen LogP contribution in [-0.2, 0) is 21.3 Å². The summed E-state index contributed by atoms with van der Waals surface area (Å²) in [6, 6.07) is 7.89. The van der Waals surface area contributed by atoms with Crippen molar-refractivity contribution in [2.75, 3.05) is 18.9 Å². The maximum atomic E-state index is 12.2. The third-order valence-electron chi connectivity index (χ3n) is 4.34. The predicted octanol–water partition coefficient (Wildman–Crippen LogP) is 3.07. The maximum absolute atomic E-state index is 12.2. The second-order valence-electron chi connectivity index (χ2n) is 7.76. The Morgan fingerprint density at radius 1 is 1.40 bits per heavy atom. The highest BCUT2D eigenvalue weighted by Gasteiger charge is 2.41. The number of anilines is 1. The van der Waals surface area contributed by atoms with E-state index in [1.807, 2.05) is 45.9 Å². The summed E-state index contributed by atoms with van der Waals surface area (Å²) in [6.45, 7) is 8.70. The van der Waals surface area contributed by atoms with E-state index in [1.54, 1.807) is 6.20 Å². The molecule has 0 amide bonds. The molecule has 1 aromatic carbocycles. The van der Waals surface area contributed by atoms with Crippen LogP contribution in [0.15, 0.2) is 30.5 Å². The van der Waals surface area contributed by atoms with Crippen LogP contribution in [0.25, 0.3) is 0 Å². The normalized spacial score (nSPS) is 16.3. The zero-order chi connectivity index (χ0) is 18.2.